The van der Waals surface area contributed by atoms with Crippen molar-refractivity contribution in [2.24, 2.45) is 5.73 Å². The lowest BCUT2D eigenvalue weighted by Gasteiger charge is -2.07. The number of aliphatic hydroxyl groups is 2. The fourth-order valence-electron chi connectivity index (χ4n) is 1.55. The highest BCUT2D eigenvalue weighted by Crippen LogP contribution is 2.07. The van der Waals surface area contributed by atoms with Gasteiger partial charge in [-0.05, 0) is 13.0 Å². The lowest BCUT2D eigenvalue weighted by atomic mass is 10.1. The van der Waals surface area contributed by atoms with Gasteiger partial charge in [-0.25, -0.2) is 9.59 Å². The van der Waals surface area contributed by atoms with Gasteiger partial charge >= 0.3 is 11.9 Å². The zero-order valence-corrected chi connectivity index (χ0v) is 12.7. The summed E-state index contributed by atoms with van der Waals surface area (Å²) in [5, 5.41) is 32.5. The highest BCUT2D eigenvalue weighted by atomic mass is 16.4. The Morgan fingerprint density at radius 3 is 1.43 bits per heavy atom. The van der Waals surface area contributed by atoms with Crippen molar-refractivity contribution in [2.75, 3.05) is 6.54 Å². The Labute approximate surface area is 125 Å². The Bertz CT molecular complexity index is 246. The molecule has 2 unspecified atom stereocenters. The van der Waals surface area contributed by atoms with Crippen molar-refractivity contribution in [1.29, 1.82) is 0 Å². The van der Waals surface area contributed by atoms with Crippen molar-refractivity contribution in [2.45, 2.75) is 70.5 Å². The molecule has 2 atom stereocenters. The van der Waals surface area contributed by atoms with E-state index in [0.717, 1.165) is 6.54 Å². The number of hydrogen-bond acceptors (Lipinski definition) is 5. The number of nitrogens with two attached hydrogens (primary N) is 1. The third-order valence-electron chi connectivity index (χ3n) is 2.86. The third-order valence-corrected chi connectivity index (χ3v) is 2.86. The molecule has 0 saturated carbocycles. The quantitative estimate of drug-likeness (QED) is 0.358. The molecule has 0 aliphatic carbocycles. The average molecular weight is 307 g/mol. The van der Waals surface area contributed by atoms with Gasteiger partial charge in [-0.1, -0.05) is 51.9 Å². The van der Waals surface area contributed by atoms with Crippen LogP contribution in [0, 0.1) is 0 Å². The summed E-state index contributed by atoms with van der Waals surface area (Å²) in [6.07, 6.45) is 6.45. The van der Waals surface area contributed by atoms with Crippen molar-refractivity contribution >= 4 is 11.9 Å². The summed E-state index contributed by atoms with van der Waals surface area (Å²) in [7, 11) is 0. The van der Waals surface area contributed by atoms with E-state index in [0.29, 0.717) is 0 Å². The molecule has 21 heavy (non-hydrogen) atoms. The first-order chi connectivity index (χ1) is 9.88. The van der Waals surface area contributed by atoms with Crippen molar-refractivity contribution in [3.8, 4) is 0 Å². The molecule has 0 bridgehead atoms. The van der Waals surface area contributed by atoms with Crippen LogP contribution in [-0.4, -0.2) is 51.1 Å². The van der Waals surface area contributed by atoms with Gasteiger partial charge in [0.05, 0.1) is 0 Å². The Morgan fingerprint density at radius 2 is 1.14 bits per heavy atom. The van der Waals surface area contributed by atoms with Crippen molar-refractivity contribution < 1.29 is 30.0 Å². The summed E-state index contributed by atoms with van der Waals surface area (Å²) in [6, 6.07) is 0. The van der Waals surface area contributed by atoms with Crippen LogP contribution in [0.25, 0.3) is 0 Å². The lowest BCUT2D eigenvalue weighted by Crippen LogP contribution is -2.39. The van der Waals surface area contributed by atoms with Crippen LogP contribution in [0.1, 0.15) is 58.3 Å². The predicted molar refractivity (Wildman–Crippen MR) is 78.9 cm³/mol. The van der Waals surface area contributed by atoms with E-state index in [-0.39, 0.29) is 0 Å². The number of rotatable bonds is 11. The molecule has 0 amide bonds. The summed E-state index contributed by atoms with van der Waals surface area (Å²) in [5.74, 6) is -3.54. The molecule has 0 spiro atoms. The van der Waals surface area contributed by atoms with Crippen LogP contribution in [0.15, 0.2) is 0 Å². The molecule has 7 heteroatoms. The molecule has 0 aromatic rings. The standard InChI is InChI=1S/C10H23N.C4H6O6/c1-2-3-4-5-6-7-8-9-10-11;5-1(3(7)8)2(6)4(9)10/h2-11H2,1H3;1-2,5-6H,(H,7,8)(H,9,10). The first kappa shape index (κ1) is 22.1. The molecule has 7 nitrogen and oxygen atoms in total. The molecule has 0 aliphatic heterocycles. The van der Waals surface area contributed by atoms with E-state index in [1.165, 1.54) is 51.4 Å². The molecule has 0 aromatic heterocycles. The molecule has 0 aliphatic rings. The van der Waals surface area contributed by atoms with Gasteiger partial charge in [0.25, 0.3) is 0 Å². The number of unbranched alkanes of at least 4 members (excludes halogenated alkanes) is 7. The predicted octanol–water partition coefficient (Wildman–Crippen LogP) is 0.963. The Kier molecular flexibility index (Phi) is 16.0. The molecule has 0 radical (unpaired) electrons. The normalized spacial score (nSPS) is 13.0. The highest BCUT2D eigenvalue weighted by Gasteiger charge is 2.29. The van der Waals surface area contributed by atoms with Crippen LogP contribution in [0.3, 0.4) is 0 Å². The van der Waals surface area contributed by atoms with Crippen LogP contribution in [0.5, 0.6) is 0 Å². The number of carboxylic acids is 2. The molecule has 0 aromatic carbocycles. The summed E-state index contributed by atoms with van der Waals surface area (Å²) in [5.41, 5.74) is 5.39. The minimum atomic E-state index is -2.27. The molecular formula is C14H29NO6. The Balaban J connectivity index is 0. The van der Waals surface area contributed by atoms with E-state index in [1.54, 1.807) is 0 Å². The minimum absolute atomic E-state index is 0.870. The van der Waals surface area contributed by atoms with Gasteiger partial charge in [0.1, 0.15) is 0 Å². The molecule has 126 valence electrons. The first-order valence-electron chi connectivity index (χ1n) is 7.40. The minimum Gasteiger partial charge on any atom is -0.479 e. The van der Waals surface area contributed by atoms with Crippen molar-refractivity contribution in [3.05, 3.63) is 0 Å². The Hall–Kier alpha value is -1.18. The maximum absolute atomic E-state index is 9.77. The van der Waals surface area contributed by atoms with Gasteiger partial charge < -0.3 is 26.2 Å². The molecule has 6 N–H and O–H groups in total. The number of aliphatic carboxylic acids is 2. The fourth-order valence-corrected chi connectivity index (χ4v) is 1.55. The number of hydrogen-bond donors (Lipinski definition) is 5. The smallest absolute Gasteiger partial charge is 0.335 e. The summed E-state index contributed by atoms with van der Waals surface area (Å²) in [6.45, 7) is 3.13. The second kappa shape index (κ2) is 15.2. The van der Waals surface area contributed by atoms with Crippen LogP contribution in [-0.2, 0) is 9.59 Å². The maximum atomic E-state index is 9.77. The summed E-state index contributed by atoms with van der Waals surface area (Å²) in [4.78, 5) is 19.5. The first-order valence-corrected chi connectivity index (χ1v) is 7.40. The second-order valence-electron chi connectivity index (χ2n) is 4.83. The van der Waals surface area contributed by atoms with Crippen LogP contribution in [0.2, 0.25) is 0 Å². The topological polar surface area (TPSA) is 141 Å². The molecule has 0 saturated heterocycles. The van der Waals surface area contributed by atoms with Gasteiger partial charge in [-0.15, -0.1) is 0 Å². The lowest BCUT2D eigenvalue weighted by molar-refractivity contribution is -0.165. The van der Waals surface area contributed by atoms with E-state index in [1.807, 2.05) is 0 Å². The SMILES string of the molecule is CCCCCCCCCCN.O=C(O)C(O)C(O)C(=O)O. The van der Waals surface area contributed by atoms with Gasteiger partial charge in [0, 0.05) is 0 Å². The highest BCUT2D eigenvalue weighted by molar-refractivity contribution is 5.83. The van der Waals surface area contributed by atoms with Crippen LogP contribution < -0.4 is 5.73 Å². The van der Waals surface area contributed by atoms with Gasteiger partial charge in [0.15, 0.2) is 12.2 Å². The van der Waals surface area contributed by atoms with E-state index >= 15 is 0 Å². The molecule has 0 rings (SSSR count). The van der Waals surface area contributed by atoms with Crippen LogP contribution >= 0.6 is 0 Å². The number of carbonyl (C=O) groups is 2. The van der Waals surface area contributed by atoms with E-state index < -0.39 is 24.1 Å². The summed E-state index contributed by atoms with van der Waals surface area (Å²) < 4.78 is 0. The largest absolute Gasteiger partial charge is 0.479 e. The van der Waals surface area contributed by atoms with E-state index in [9.17, 15) is 9.59 Å². The van der Waals surface area contributed by atoms with Crippen LogP contribution in [0.4, 0.5) is 0 Å². The van der Waals surface area contributed by atoms with E-state index in [2.05, 4.69) is 6.92 Å². The van der Waals surface area contributed by atoms with Gasteiger partial charge in [0.2, 0.25) is 0 Å². The Morgan fingerprint density at radius 1 is 0.810 bits per heavy atom. The second-order valence-corrected chi connectivity index (χ2v) is 4.83. The van der Waals surface area contributed by atoms with E-state index in [4.69, 9.17) is 26.2 Å². The zero-order chi connectivity index (χ0) is 16.7. The number of aliphatic hydroxyl groups excluding tert-OH is 2. The van der Waals surface area contributed by atoms with Gasteiger partial charge in [-0.2, -0.15) is 0 Å². The van der Waals surface area contributed by atoms with Gasteiger partial charge in [-0.3, -0.25) is 0 Å². The maximum Gasteiger partial charge on any atom is 0.335 e. The number of carboxylic acid groups (broad SMARTS) is 2. The molecular weight excluding hydrogens is 278 g/mol. The van der Waals surface area contributed by atoms with Crippen molar-refractivity contribution in [1.82, 2.24) is 0 Å². The summed E-state index contributed by atoms with van der Waals surface area (Å²) >= 11 is 0. The zero-order valence-electron chi connectivity index (χ0n) is 12.7. The fraction of sp³-hybridized carbons (Fsp3) is 0.857. The average Bonchev–Trinajstić information content (AvgIpc) is 2.45. The molecule has 0 heterocycles. The monoisotopic (exact) mass is 307 g/mol. The molecule has 0 fully saturated rings. The third kappa shape index (κ3) is 15.0. The van der Waals surface area contributed by atoms with Crippen molar-refractivity contribution in [3.63, 3.8) is 0 Å².